The quantitative estimate of drug-likeness (QED) is 0.0764. The number of hydrogen-bond donors (Lipinski definition) is 4. The molecule has 1 atom stereocenters. The molecular formula is C48H68N4O12S. The van der Waals surface area contributed by atoms with E-state index in [2.05, 4.69) is 27.6 Å². The van der Waals surface area contributed by atoms with Crippen LogP contribution in [-0.4, -0.2) is 116 Å². The number of carbonyl (C=O) groups is 4. The average Bonchev–Trinajstić information content (AvgIpc) is 3.27. The molecule has 358 valence electrons. The summed E-state index contributed by atoms with van der Waals surface area (Å²) in [4.78, 5) is 46.1. The van der Waals surface area contributed by atoms with Crippen LogP contribution in [0.5, 0.6) is 11.5 Å². The van der Waals surface area contributed by atoms with E-state index >= 15 is 0 Å². The van der Waals surface area contributed by atoms with Gasteiger partial charge in [-0.05, 0) is 92.4 Å². The number of benzene rings is 4. The molecule has 4 rings (SSSR count). The highest BCUT2D eigenvalue weighted by Crippen LogP contribution is 2.38. The van der Waals surface area contributed by atoms with Gasteiger partial charge in [-0.3, -0.25) is 14.4 Å². The van der Waals surface area contributed by atoms with Crippen molar-refractivity contribution in [1.82, 2.24) is 4.31 Å². The number of anilines is 3. The lowest BCUT2D eigenvalue weighted by Gasteiger charge is -2.31. The van der Waals surface area contributed by atoms with Crippen LogP contribution in [-0.2, 0) is 44.0 Å². The number of aryl methyl sites for hydroxylation is 2. The number of nitrogens with one attached hydrogen (secondary N) is 3. The third-order valence-electron chi connectivity index (χ3n) is 9.86. The molecule has 0 aliphatic heterocycles. The molecule has 0 bridgehead atoms. The second kappa shape index (κ2) is 28.8. The first-order chi connectivity index (χ1) is 30.6. The van der Waals surface area contributed by atoms with Crippen LogP contribution in [0.2, 0.25) is 0 Å². The molecule has 0 saturated carbocycles. The molecule has 4 aromatic rings. The van der Waals surface area contributed by atoms with Crippen LogP contribution >= 0.6 is 0 Å². The molecule has 3 amide bonds. The molecule has 0 aliphatic carbocycles. The van der Waals surface area contributed by atoms with E-state index in [1.807, 2.05) is 75.4 Å². The lowest BCUT2D eigenvalue weighted by Crippen LogP contribution is -2.36. The second-order valence-corrected chi connectivity index (χ2v) is 17.1. The van der Waals surface area contributed by atoms with Gasteiger partial charge in [0.2, 0.25) is 27.7 Å². The normalized spacial score (nSPS) is 11.2. The topological polar surface area (TPSA) is 208 Å². The summed E-state index contributed by atoms with van der Waals surface area (Å²) >= 11 is 0. The van der Waals surface area contributed by atoms with Crippen molar-refractivity contribution in [3.05, 3.63) is 113 Å². The molecule has 16 nitrogen and oxygen atoms in total. The summed E-state index contributed by atoms with van der Waals surface area (Å²) in [6, 6.07) is 26.0. The van der Waals surface area contributed by atoms with Gasteiger partial charge in [-0.2, -0.15) is 0 Å². The number of aromatic carboxylic acids is 1. The van der Waals surface area contributed by atoms with E-state index in [1.165, 1.54) is 32.3 Å². The van der Waals surface area contributed by atoms with Crippen molar-refractivity contribution < 1.29 is 56.4 Å². The molecule has 0 aromatic heterocycles. The van der Waals surface area contributed by atoms with E-state index in [0.29, 0.717) is 36.6 Å². The van der Waals surface area contributed by atoms with Crippen LogP contribution in [0, 0.1) is 13.8 Å². The number of likely N-dealkylation sites (N-methyl/N-ethyl adjacent to an activating group) is 1. The Balaban J connectivity index is 0.000000544. The fourth-order valence-electron chi connectivity index (χ4n) is 5.92. The second-order valence-electron chi connectivity index (χ2n) is 15.0. The molecule has 0 saturated heterocycles. The van der Waals surface area contributed by atoms with Crippen LogP contribution < -0.4 is 25.4 Å². The van der Waals surface area contributed by atoms with Crippen molar-refractivity contribution in [2.24, 2.45) is 0 Å². The number of nitrogens with zero attached hydrogens (tertiary/aromatic N) is 1. The van der Waals surface area contributed by atoms with Gasteiger partial charge in [0.1, 0.15) is 11.5 Å². The van der Waals surface area contributed by atoms with Crippen molar-refractivity contribution >= 4 is 50.8 Å². The third kappa shape index (κ3) is 20.7. The number of hydrogen-bond acceptors (Lipinski definition) is 11. The van der Waals surface area contributed by atoms with Gasteiger partial charge in [-0.1, -0.05) is 48.9 Å². The predicted molar refractivity (Wildman–Crippen MR) is 256 cm³/mol. The van der Waals surface area contributed by atoms with Gasteiger partial charge in [0.15, 0.2) is 0 Å². The fourth-order valence-corrected chi connectivity index (χ4v) is 6.36. The zero-order valence-corrected chi connectivity index (χ0v) is 40.8. The summed E-state index contributed by atoms with van der Waals surface area (Å²) in [6.45, 7) is 12.2. The maximum absolute atomic E-state index is 12.8. The number of carboxylic acids is 1. The van der Waals surface area contributed by atoms with Gasteiger partial charge in [0, 0.05) is 78.6 Å². The smallest absolute Gasteiger partial charge is 0.337 e. The molecule has 65 heavy (non-hydrogen) atoms. The molecule has 0 spiro atoms. The predicted octanol–water partition coefficient (Wildman–Crippen LogP) is 7.54. The Hall–Kier alpha value is -5.85. The molecular weight excluding hydrogens is 857 g/mol. The zero-order chi connectivity index (χ0) is 49.3. The maximum atomic E-state index is 12.8. The minimum absolute atomic E-state index is 0.0800. The molecule has 0 radical (unpaired) electrons. The first-order valence-corrected chi connectivity index (χ1v) is 22.4. The largest absolute Gasteiger partial charge is 0.497 e. The van der Waals surface area contributed by atoms with Crippen molar-refractivity contribution in [1.29, 1.82) is 0 Å². The highest BCUT2D eigenvalue weighted by atomic mass is 32.2. The van der Waals surface area contributed by atoms with Crippen LogP contribution in [0.3, 0.4) is 0 Å². The van der Waals surface area contributed by atoms with Crippen LogP contribution in [0.1, 0.15) is 73.1 Å². The summed E-state index contributed by atoms with van der Waals surface area (Å²) in [6.07, 6.45) is 1.67. The first kappa shape index (κ1) is 57.2. The summed E-state index contributed by atoms with van der Waals surface area (Å²) in [7, 11) is 6.39. The van der Waals surface area contributed by atoms with Crippen LogP contribution in [0.25, 0.3) is 0 Å². The van der Waals surface area contributed by atoms with Gasteiger partial charge in [0.05, 0.1) is 44.4 Å². The van der Waals surface area contributed by atoms with E-state index < -0.39 is 21.4 Å². The lowest BCUT2D eigenvalue weighted by atomic mass is 9.73. The van der Waals surface area contributed by atoms with Gasteiger partial charge < -0.3 is 44.7 Å². The number of carbonyl (C=O) groups excluding carboxylic acids is 3. The molecule has 0 aliphatic rings. The monoisotopic (exact) mass is 924 g/mol. The number of amides is 3. The Morgan fingerprint density at radius 3 is 1.68 bits per heavy atom. The Bertz CT molecular complexity index is 2170. The molecule has 17 heteroatoms. The molecule has 1 unspecified atom stereocenters. The number of sulfonamides is 1. The Kier molecular flexibility index (Phi) is 25.4. The highest BCUT2D eigenvalue weighted by molar-refractivity contribution is 7.88. The van der Waals surface area contributed by atoms with Crippen molar-refractivity contribution in [3.8, 4) is 11.5 Å². The number of methoxy groups -OCH3 is 5. The minimum Gasteiger partial charge on any atom is -0.497 e. The van der Waals surface area contributed by atoms with Gasteiger partial charge in [-0.15, -0.1) is 0 Å². The summed E-state index contributed by atoms with van der Waals surface area (Å²) in [5, 5.41) is 17.6. The SMILES string of the molecule is CC(=O)Nc1ccc(C)c(NC(C)=O)c1.CCOC.COCC(CN(C)S(C)(=O)=O)OC.COc1ccc(C(C)(CCC(=O)Nc2ccc(C)cc2C(=O)O)c2ccc(OC)cc2)cc1. The van der Waals surface area contributed by atoms with E-state index in [4.69, 9.17) is 18.9 Å². The van der Waals surface area contributed by atoms with E-state index in [-0.39, 0.29) is 35.8 Å². The van der Waals surface area contributed by atoms with Crippen molar-refractivity contribution in [2.45, 2.75) is 65.9 Å². The summed E-state index contributed by atoms with van der Waals surface area (Å²) in [5.74, 6) is -0.0566. The van der Waals surface area contributed by atoms with Crippen molar-refractivity contribution in [3.63, 3.8) is 0 Å². The molecule has 0 fully saturated rings. The third-order valence-corrected chi connectivity index (χ3v) is 11.1. The standard InChI is InChI=1S/C27H29NO5.C11H14N2O2.C7H17NO4S.C3H8O/c1-18-5-14-24(23(17-18)26(30)31)28-25(29)15-16-27(2,19-6-10-21(32-3)11-7-19)20-8-12-22(33-4)13-9-20;1-7-4-5-10(12-8(2)14)6-11(7)13-9(3)15;1-8(13(4,9)10)5-7(12-3)6-11-2;1-3-4-2/h5-14,17H,15-16H2,1-4H3,(H,28,29)(H,30,31);4-6H,1-3H3,(H,12,14)(H,13,15);7H,5-6H2,1-4H3;3H2,1-2H3. The summed E-state index contributed by atoms with van der Waals surface area (Å²) < 4.78 is 48.3. The van der Waals surface area contributed by atoms with Gasteiger partial charge in [-0.25, -0.2) is 17.5 Å². The van der Waals surface area contributed by atoms with E-state index in [9.17, 15) is 32.7 Å². The maximum Gasteiger partial charge on any atom is 0.337 e. The number of ether oxygens (including phenoxy) is 5. The van der Waals surface area contributed by atoms with E-state index in [0.717, 1.165) is 46.6 Å². The van der Waals surface area contributed by atoms with E-state index in [1.54, 1.807) is 58.8 Å². The lowest BCUT2D eigenvalue weighted by molar-refractivity contribution is -0.116. The van der Waals surface area contributed by atoms with Crippen molar-refractivity contribution in [2.75, 3.05) is 84.6 Å². The molecule has 4 aromatic carbocycles. The molecule has 4 N–H and O–H groups in total. The Morgan fingerprint density at radius 2 is 1.26 bits per heavy atom. The highest BCUT2D eigenvalue weighted by Gasteiger charge is 2.30. The fraction of sp³-hybridized carbons (Fsp3) is 0.417. The van der Waals surface area contributed by atoms with Gasteiger partial charge in [0.25, 0.3) is 0 Å². The van der Waals surface area contributed by atoms with Crippen LogP contribution in [0.15, 0.2) is 84.9 Å². The average molecular weight is 925 g/mol. The zero-order valence-electron chi connectivity index (χ0n) is 40.0. The Labute approximate surface area is 385 Å². The van der Waals surface area contributed by atoms with Crippen LogP contribution in [0.4, 0.5) is 17.1 Å². The number of carboxylic acid groups (broad SMARTS) is 1. The first-order valence-electron chi connectivity index (χ1n) is 20.6. The Morgan fingerprint density at radius 1 is 0.738 bits per heavy atom. The number of rotatable bonds is 18. The van der Waals surface area contributed by atoms with Gasteiger partial charge >= 0.3 is 5.97 Å². The summed E-state index contributed by atoms with van der Waals surface area (Å²) in [5.41, 5.74) is 5.18. The molecule has 0 heterocycles. The minimum atomic E-state index is -3.13.